The first kappa shape index (κ1) is 13.6. The Hall–Kier alpha value is -0.800. The molecule has 0 amide bonds. The predicted octanol–water partition coefficient (Wildman–Crippen LogP) is 4.65. The summed E-state index contributed by atoms with van der Waals surface area (Å²) >= 11 is 3.55. The number of rotatable bonds is 3. The van der Waals surface area contributed by atoms with Gasteiger partial charge in [-0.1, -0.05) is 19.1 Å². The topological polar surface area (TPSA) is 25.2 Å². The van der Waals surface area contributed by atoms with Crippen LogP contribution >= 0.6 is 15.9 Å². The van der Waals surface area contributed by atoms with Crippen molar-refractivity contribution in [3.63, 3.8) is 0 Å². The highest BCUT2D eigenvalue weighted by molar-refractivity contribution is 9.10. The quantitative estimate of drug-likeness (QED) is 0.893. The molecule has 0 aliphatic heterocycles. The van der Waals surface area contributed by atoms with Crippen molar-refractivity contribution in [2.24, 2.45) is 0 Å². The van der Waals surface area contributed by atoms with Crippen LogP contribution in [0.4, 0.5) is 0 Å². The number of hydrogen-bond donors (Lipinski definition) is 1. The molecule has 0 unspecified atom stereocenters. The fourth-order valence-electron chi connectivity index (χ4n) is 2.06. The number of halogens is 1. The second-order valence-corrected chi connectivity index (χ2v) is 6.43. The third-order valence-corrected chi connectivity index (χ3v) is 3.61. The maximum Gasteiger partial charge on any atom is 0.148 e. The fraction of sp³-hybridized carbons (Fsp3) is 0.467. The van der Waals surface area contributed by atoms with Crippen molar-refractivity contribution < 1.29 is 4.42 Å². The Labute approximate surface area is 117 Å². The summed E-state index contributed by atoms with van der Waals surface area (Å²) in [7, 11) is 0. The van der Waals surface area contributed by atoms with Gasteiger partial charge in [-0.2, -0.15) is 0 Å². The van der Waals surface area contributed by atoms with Gasteiger partial charge in [0.15, 0.2) is 0 Å². The number of hydrogen-bond acceptors (Lipinski definition) is 2. The summed E-state index contributed by atoms with van der Waals surface area (Å²) in [5, 5.41) is 4.70. The van der Waals surface area contributed by atoms with E-state index in [9.17, 15) is 0 Å². The standard InChI is InChI=1S/C15H20BrNO/c1-5-10-11-7-6-8-12(16)14(11)18-13(10)9-17-15(2,3)4/h6-8,17H,5,9H2,1-4H3. The number of fused-ring (bicyclic) bond motifs is 1. The van der Waals surface area contributed by atoms with E-state index >= 15 is 0 Å². The van der Waals surface area contributed by atoms with E-state index in [1.165, 1.54) is 10.9 Å². The minimum Gasteiger partial charge on any atom is -0.458 e. The van der Waals surface area contributed by atoms with Crippen molar-refractivity contribution in [1.82, 2.24) is 5.32 Å². The lowest BCUT2D eigenvalue weighted by Crippen LogP contribution is -2.35. The van der Waals surface area contributed by atoms with Crippen LogP contribution in [0.25, 0.3) is 11.0 Å². The Bertz CT molecular complexity index is 551. The normalized spacial score (nSPS) is 12.3. The van der Waals surface area contributed by atoms with Crippen LogP contribution in [0.5, 0.6) is 0 Å². The van der Waals surface area contributed by atoms with Gasteiger partial charge in [0.25, 0.3) is 0 Å². The molecule has 2 rings (SSSR count). The van der Waals surface area contributed by atoms with Crippen LogP contribution in [0.2, 0.25) is 0 Å². The average Bonchev–Trinajstić information content (AvgIpc) is 2.64. The lowest BCUT2D eigenvalue weighted by Gasteiger charge is -2.19. The second kappa shape index (κ2) is 5.06. The molecule has 2 aromatic rings. The molecule has 0 spiro atoms. The lowest BCUT2D eigenvalue weighted by molar-refractivity contribution is 0.393. The molecule has 98 valence electrons. The molecule has 0 saturated heterocycles. The lowest BCUT2D eigenvalue weighted by atomic mass is 10.1. The molecule has 1 aromatic carbocycles. The van der Waals surface area contributed by atoms with E-state index in [0.29, 0.717) is 0 Å². The van der Waals surface area contributed by atoms with Crippen LogP contribution in [0.15, 0.2) is 27.1 Å². The van der Waals surface area contributed by atoms with E-state index in [-0.39, 0.29) is 5.54 Å². The maximum atomic E-state index is 6.01. The van der Waals surface area contributed by atoms with E-state index in [0.717, 1.165) is 28.8 Å². The summed E-state index contributed by atoms with van der Waals surface area (Å²) < 4.78 is 7.03. The van der Waals surface area contributed by atoms with Crippen LogP contribution in [0.3, 0.4) is 0 Å². The van der Waals surface area contributed by atoms with E-state index in [1.54, 1.807) is 0 Å². The number of furan rings is 1. The Morgan fingerprint density at radius 3 is 2.61 bits per heavy atom. The third kappa shape index (κ3) is 2.78. The van der Waals surface area contributed by atoms with Crippen LogP contribution in [-0.2, 0) is 13.0 Å². The van der Waals surface area contributed by atoms with Crippen LogP contribution in [0.1, 0.15) is 39.0 Å². The molecule has 18 heavy (non-hydrogen) atoms. The minimum atomic E-state index is 0.0984. The SMILES string of the molecule is CCc1c(CNC(C)(C)C)oc2c(Br)cccc12. The van der Waals surface area contributed by atoms with Gasteiger partial charge in [-0.3, -0.25) is 0 Å². The molecule has 0 atom stereocenters. The zero-order valence-corrected chi connectivity index (χ0v) is 13.0. The second-order valence-electron chi connectivity index (χ2n) is 5.58. The first-order valence-corrected chi connectivity index (χ1v) is 7.15. The van der Waals surface area contributed by atoms with Gasteiger partial charge in [0.05, 0.1) is 11.0 Å². The van der Waals surface area contributed by atoms with E-state index in [4.69, 9.17) is 4.42 Å². The Morgan fingerprint density at radius 2 is 2.00 bits per heavy atom. The van der Waals surface area contributed by atoms with Crippen molar-refractivity contribution in [2.75, 3.05) is 0 Å². The zero-order chi connectivity index (χ0) is 13.3. The van der Waals surface area contributed by atoms with Crippen molar-refractivity contribution in [3.8, 4) is 0 Å². The number of benzene rings is 1. The van der Waals surface area contributed by atoms with Crippen LogP contribution in [-0.4, -0.2) is 5.54 Å². The molecule has 1 aromatic heterocycles. The van der Waals surface area contributed by atoms with Gasteiger partial charge < -0.3 is 9.73 Å². The predicted molar refractivity (Wildman–Crippen MR) is 79.9 cm³/mol. The highest BCUT2D eigenvalue weighted by atomic mass is 79.9. The van der Waals surface area contributed by atoms with E-state index < -0.39 is 0 Å². The smallest absolute Gasteiger partial charge is 0.148 e. The van der Waals surface area contributed by atoms with Gasteiger partial charge in [0.2, 0.25) is 0 Å². The fourth-order valence-corrected chi connectivity index (χ4v) is 2.51. The number of nitrogens with one attached hydrogen (secondary N) is 1. The molecule has 0 bridgehead atoms. The van der Waals surface area contributed by atoms with Gasteiger partial charge in [-0.25, -0.2) is 0 Å². The molecule has 1 heterocycles. The average molecular weight is 310 g/mol. The summed E-state index contributed by atoms with van der Waals surface area (Å²) in [6, 6.07) is 6.21. The zero-order valence-electron chi connectivity index (χ0n) is 11.4. The number of para-hydroxylation sites is 1. The van der Waals surface area contributed by atoms with Crippen LogP contribution in [0, 0.1) is 0 Å². The highest BCUT2D eigenvalue weighted by Gasteiger charge is 2.16. The molecular formula is C15H20BrNO. The molecule has 0 radical (unpaired) electrons. The third-order valence-electron chi connectivity index (χ3n) is 2.99. The van der Waals surface area contributed by atoms with Crippen molar-refractivity contribution >= 4 is 26.9 Å². The Kier molecular flexibility index (Phi) is 3.83. The Morgan fingerprint density at radius 1 is 1.28 bits per heavy atom. The minimum absolute atomic E-state index is 0.0984. The maximum absolute atomic E-state index is 6.01. The monoisotopic (exact) mass is 309 g/mol. The summed E-state index contributed by atoms with van der Waals surface area (Å²) in [5.74, 6) is 1.05. The first-order valence-electron chi connectivity index (χ1n) is 6.36. The van der Waals surface area contributed by atoms with E-state index in [1.807, 2.05) is 6.07 Å². The van der Waals surface area contributed by atoms with Crippen molar-refractivity contribution in [2.45, 2.75) is 46.2 Å². The summed E-state index contributed by atoms with van der Waals surface area (Å²) in [6.07, 6.45) is 0.991. The van der Waals surface area contributed by atoms with Crippen molar-refractivity contribution in [1.29, 1.82) is 0 Å². The summed E-state index contributed by atoms with van der Waals surface area (Å²) in [5.41, 5.74) is 2.37. The molecule has 3 heteroatoms. The van der Waals surface area contributed by atoms with Gasteiger partial charge in [0, 0.05) is 16.5 Å². The molecule has 1 N–H and O–H groups in total. The highest BCUT2D eigenvalue weighted by Crippen LogP contribution is 2.31. The molecular weight excluding hydrogens is 290 g/mol. The van der Waals surface area contributed by atoms with Gasteiger partial charge in [-0.15, -0.1) is 0 Å². The molecule has 0 aliphatic carbocycles. The molecule has 0 fully saturated rings. The molecule has 0 saturated carbocycles. The van der Waals surface area contributed by atoms with Gasteiger partial charge >= 0.3 is 0 Å². The van der Waals surface area contributed by atoms with Crippen molar-refractivity contribution in [3.05, 3.63) is 34.0 Å². The molecule has 2 nitrogen and oxygen atoms in total. The Balaban J connectivity index is 2.41. The molecule has 0 aliphatic rings. The van der Waals surface area contributed by atoms with E-state index in [2.05, 4.69) is 61.1 Å². The van der Waals surface area contributed by atoms with Gasteiger partial charge in [0.1, 0.15) is 11.3 Å². The largest absolute Gasteiger partial charge is 0.458 e. The van der Waals surface area contributed by atoms with Gasteiger partial charge in [-0.05, 0) is 49.2 Å². The first-order chi connectivity index (χ1) is 8.42. The summed E-state index contributed by atoms with van der Waals surface area (Å²) in [4.78, 5) is 0. The number of aryl methyl sites for hydroxylation is 1. The summed E-state index contributed by atoms with van der Waals surface area (Å²) in [6.45, 7) is 9.44. The van der Waals surface area contributed by atoms with Crippen LogP contribution < -0.4 is 5.32 Å².